The molecule has 1 aromatic carbocycles. The Labute approximate surface area is 118 Å². The van der Waals surface area contributed by atoms with Crippen molar-refractivity contribution in [1.82, 2.24) is 10.2 Å². The summed E-state index contributed by atoms with van der Waals surface area (Å²) in [4.78, 5) is 0. The Hall–Kier alpha value is -2.07. The number of hydrogen-bond donors (Lipinski definition) is 3. The molecule has 0 amide bonds. The van der Waals surface area contributed by atoms with Gasteiger partial charge in [-0.05, 0) is 23.8 Å². The first-order valence-electron chi connectivity index (χ1n) is 5.66. The summed E-state index contributed by atoms with van der Waals surface area (Å²) < 4.78 is 64.4. The number of aromatic amines is 1. The number of H-pyrrole nitrogens is 1. The number of anilines is 1. The van der Waals surface area contributed by atoms with Gasteiger partial charge in [-0.3, -0.25) is 9.82 Å². The Morgan fingerprint density at radius 1 is 1.29 bits per heavy atom. The zero-order chi connectivity index (χ0) is 15.7. The summed E-state index contributed by atoms with van der Waals surface area (Å²) in [6.45, 7) is -0.303. The number of alkyl halides is 3. The van der Waals surface area contributed by atoms with Crippen LogP contribution in [0.3, 0.4) is 0 Å². The lowest BCUT2D eigenvalue weighted by Crippen LogP contribution is -2.16. The molecule has 0 spiro atoms. The summed E-state index contributed by atoms with van der Waals surface area (Å²) in [5.74, 6) is 0. The molecule has 0 bridgehead atoms. The first-order chi connectivity index (χ1) is 9.74. The lowest BCUT2D eigenvalue weighted by molar-refractivity contribution is -0.138. The predicted octanol–water partition coefficient (Wildman–Crippen LogP) is 1.69. The third-order valence-corrected chi connectivity index (χ3v) is 3.96. The van der Waals surface area contributed by atoms with Gasteiger partial charge in [-0.15, -0.1) is 0 Å². The largest absolute Gasteiger partial charge is 0.416 e. The van der Waals surface area contributed by atoms with Gasteiger partial charge in [0.1, 0.15) is 0 Å². The highest BCUT2D eigenvalue weighted by Crippen LogP contribution is 2.34. The summed E-state index contributed by atoms with van der Waals surface area (Å²) in [5.41, 5.74) is 3.94. The second-order valence-corrected chi connectivity index (χ2v) is 5.75. The quantitative estimate of drug-likeness (QED) is 0.798. The van der Waals surface area contributed by atoms with E-state index in [1.54, 1.807) is 0 Å². The van der Waals surface area contributed by atoms with E-state index in [0.717, 1.165) is 6.07 Å². The summed E-state index contributed by atoms with van der Waals surface area (Å²) in [6, 6.07) is 4.23. The minimum Gasteiger partial charge on any atom is -0.326 e. The second-order valence-electron chi connectivity index (χ2n) is 4.10. The Morgan fingerprint density at radius 2 is 2.00 bits per heavy atom. The number of nitrogens with one attached hydrogen (secondary N) is 2. The minimum atomic E-state index is -4.62. The van der Waals surface area contributed by atoms with E-state index >= 15 is 0 Å². The van der Waals surface area contributed by atoms with Crippen molar-refractivity contribution in [2.24, 2.45) is 5.73 Å². The van der Waals surface area contributed by atoms with Crippen molar-refractivity contribution in [3.8, 4) is 0 Å². The molecule has 1 heterocycles. The van der Waals surface area contributed by atoms with Gasteiger partial charge < -0.3 is 5.73 Å². The summed E-state index contributed by atoms with van der Waals surface area (Å²) >= 11 is 0. The van der Waals surface area contributed by atoms with E-state index in [1.807, 2.05) is 4.72 Å². The molecule has 0 aliphatic rings. The molecule has 2 aromatic rings. The van der Waals surface area contributed by atoms with Gasteiger partial charge in [0.2, 0.25) is 0 Å². The van der Waals surface area contributed by atoms with Crippen LogP contribution in [0.2, 0.25) is 0 Å². The molecule has 0 atom stereocenters. The Kier molecular flexibility index (Phi) is 3.92. The third kappa shape index (κ3) is 3.34. The van der Waals surface area contributed by atoms with Gasteiger partial charge >= 0.3 is 6.18 Å². The number of aromatic nitrogens is 2. The molecule has 0 fully saturated rings. The maximum absolute atomic E-state index is 12.9. The maximum Gasteiger partial charge on any atom is 0.416 e. The van der Waals surface area contributed by atoms with E-state index in [9.17, 15) is 21.6 Å². The van der Waals surface area contributed by atoms with Gasteiger partial charge in [-0.1, -0.05) is 6.07 Å². The molecule has 10 heteroatoms. The highest BCUT2D eigenvalue weighted by molar-refractivity contribution is 7.92. The Morgan fingerprint density at radius 3 is 2.52 bits per heavy atom. The number of nitrogens with zero attached hydrogens (tertiary/aromatic N) is 1. The summed E-state index contributed by atoms with van der Waals surface area (Å²) in [5, 5.41) is 5.45. The minimum absolute atomic E-state index is 0.119. The van der Waals surface area contributed by atoms with Gasteiger partial charge in [0.05, 0.1) is 11.8 Å². The smallest absolute Gasteiger partial charge is 0.326 e. The molecular weight excluding hydrogens is 309 g/mol. The SMILES string of the molecule is NCc1ccc(NS(=O)(=O)c2ccn[nH]2)cc1C(F)(F)F. The van der Waals surface area contributed by atoms with Crippen LogP contribution >= 0.6 is 0 Å². The van der Waals surface area contributed by atoms with Gasteiger partial charge in [0.25, 0.3) is 10.0 Å². The van der Waals surface area contributed by atoms with E-state index < -0.39 is 21.8 Å². The Bertz CT molecular complexity index is 726. The zero-order valence-electron chi connectivity index (χ0n) is 10.5. The third-order valence-electron chi connectivity index (χ3n) is 2.65. The highest BCUT2D eigenvalue weighted by Gasteiger charge is 2.33. The molecule has 114 valence electrons. The topological polar surface area (TPSA) is 101 Å². The van der Waals surface area contributed by atoms with Crippen LogP contribution in [-0.4, -0.2) is 18.6 Å². The van der Waals surface area contributed by atoms with Crippen LogP contribution in [0.4, 0.5) is 18.9 Å². The Balaban J connectivity index is 2.38. The fraction of sp³-hybridized carbons (Fsp3) is 0.182. The van der Waals surface area contributed by atoms with Crippen molar-refractivity contribution in [1.29, 1.82) is 0 Å². The predicted molar refractivity (Wildman–Crippen MR) is 68.7 cm³/mol. The van der Waals surface area contributed by atoms with Crippen LogP contribution < -0.4 is 10.5 Å². The number of nitrogens with two attached hydrogens (primary N) is 1. The molecule has 21 heavy (non-hydrogen) atoms. The van der Waals surface area contributed by atoms with E-state index in [4.69, 9.17) is 5.73 Å². The van der Waals surface area contributed by atoms with Crippen LogP contribution in [-0.2, 0) is 22.7 Å². The average Bonchev–Trinajstić information content (AvgIpc) is 2.92. The van der Waals surface area contributed by atoms with Crippen LogP contribution in [0.1, 0.15) is 11.1 Å². The molecule has 4 N–H and O–H groups in total. The number of sulfonamides is 1. The van der Waals surface area contributed by atoms with Crippen LogP contribution in [0.5, 0.6) is 0 Å². The molecule has 0 saturated carbocycles. The normalized spacial score (nSPS) is 12.4. The van der Waals surface area contributed by atoms with E-state index in [2.05, 4.69) is 10.2 Å². The number of halogens is 3. The number of hydrogen-bond acceptors (Lipinski definition) is 4. The summed E-state index contributed by atoms with van der Waals surface area (Å²) in [7, 11) is -4.02. The van der Waals surface area contributed by atoms with E-state index in [1.165, 1.54) is 18.3 Å². The number of rotatable bonds is 4. The molecule has 0 aliphatic heterocycles. The van der Waals surface area contributed by atoms with Crippen molar-refractivity contribution >= 4 is 15.7 Å². The zero-order valence-corrected chi connectivity index (χ0v) is 11.3. The molecule has 2 rings (SSSR count). The fourth-order valence-corrected chi connectivity index (χ4v) is 2.64. The van der Waals surface area contributed by atoms with Crippen LogP contribution in [0, 0.1) is 0 Å². The molecule has 0 unspecified atom stereocenters. The second kappa shape index (κ2) is 5.37. The average molecular weight is 320 g/mol. The lowest BCUT2D eigenvalue weighted by atomic mass is 10.1. The van der Waals surface area contributed by atoms with Crippen molar-refractivity contribution in [2.75, 3.05) is 4.72 Å². The molecule has 0 aliphatic carbocycles. The standard InChI is InChI=1S/C11H11F3N4O2S/c12-11(13,14)9-5-8(2-1-7(9)6-15)18-21(19,20)10-3-4-16-17-10/h1-5,18H,6,15H2,(H,16,17). The summed E-state index contributed by atoms with van der Waals surface area (Å²) in [6.07, 6.45) is -3.41. The monoisotopic (exact) mass is 320 g/mol. The van der Waals surface area contributed by atoms with Crippen molar-refractivity contribution < 1.29 is 21.6 Å². The van der Waals surface area contributed by atoms with Crippen LogP contribution in [0.25, 0.3) is 0 Å². The lowest BCUT2D eigenvalue weighted by Gasteiger charge is -2.14. The van der Waals surface area contributed by atoms with Gasteiger partial charge in [-0.2, -0.15) is 26.7 Å². The van der Waals surface area contributed by atoms with Gasteiger partial charge in [0.15, 0.2) is 5.03 Å². The first kappa shape index (κ1) is 15.3. The molecule has 0 radical (unpaired) electrons. The van der Waals surface area contributed by atoms with Gasteiger partial charge in [0, 0.05) is 12.2 Å². The molecule has 0 saturated heterocycles. The van der Waals surface area contributed by atoms with E-state index in [-0.39, 0.29) is 22.8 Å². The molecule has 1 aromatic heterocycles. The van der Waals surface area contributed by atoms with Crippen molar-refractivity contribution in [3.63, 3.8) is 0 Å². The molecule has 6 nitrogen and oxygen atoms in total. The molecular formula is C11H11F3N4O2S. The maximum atomic E-state index is 12.9. The first-order valence-corrected chi connectivity index (χ1v) is 7.15. The number of benzene rings is 1. The van der Waals surface area contributed by atoms with Crippen LogP contribution in [0.15, 0.2) is 35.5 Å². The van der Waals surface area contributed by atoms with Crippen molar-refractivity contribution in [2.45, 2.75) is 17.7 Å². The van der Waals surface area contributed by atoms with Crippen molar-refractivity contribution in [3.05, 3.63) is 41.6 Å². The fourth-order valence-electron chi connectivity index (χ4n) is 1.68. The van der Waals surface area contributed by atoms with Gasteiger partial charge in [-0.25, -0.2) is 0 Å². The highest BCUT2D eigenvalue weighted by atomic mass is 32.2. The van der Waals surface area contributed by atoms with E-state index in [0.29, 0.717) is 6.07 Å².